The third-order valence-corrected chi connectivity index (χ3v) is 7.69. The molecule has 1 heterocycles. The number of ether oxygens (including phenoxy) is 1. The molecule has 1 fully saturated rings. The third-order valence-electron chi connectivity index (χ3n) is 5.74. The lowest BCUT2D eigenvalue weighted by atomic mass is 10.1. The second-order valence-electron chi connectivity index (χ2n) is 8.13. The molecule has 1 aliphatic carbocycles. The Balaban J connectivity index is 1.74. The van der Waals surface area contributed by atoms with Crippen molar-refractivity contribution in [3.8, 4) is 5.75 Å². The van der Waals surface area contributed by atoms with E-state index in [-0.39, 0.29) is 29.3 Å². The largest absolute Gasteiger partial charge is 0.478 e. The second kappa shape index (κ2) is 9.34. The van der Waals surface area contributed by atoms with E-state index in [0.29, 0.717) is 23.4 Å². The van der Waals surface area contributed by atoms with Gasteiger partial charge in [0.15, 0.2) is 6.10 Å². The highest BCUT2D eigenvalue weighted by atomic mass is 32.2. The predicted molar refractivity (Wildman–Crippen MR) is 114 cm³/mol. The summed E-state index contributed by atoms with van der Waals surface area (Å²) < 4.78 is 33.0. The Morgan fingerprint density at radius 2 is 1.90 bits per heavy atom. The third kappa shape index (κ3) is 4.95. The lowest BCUT2D eigenvalue weighted by Gasteiger charge is -2.27. The van der Waals surface area contributed by atoms with Crippen molar-refractivity contribution in [2.45, 2.75) is 75.8 Å². The van der Waals surface area contributed by atoms with E-state index in [0.717, 1.165) is 30.0 Å². The number of anilines is 1. The summed E-state index contributed by atoms with van der Waals surface area (Å²) >= 11 is 0. The van der Waals surface area contributed by atoms with Gasteiger partial charge in [0.1, 0.15) is 5.75 Å². The van der Waals surface area contributed by atoms with Gasteiger partial charge in [-0.2, -0.15) is 4.31 Å². The van der Waals surface area contributed by atoms with Gasteiger partial charge < -0.3 is 15.4 Å². The summed E-state index contributed by atoms with van der Waals surface area (Å²) in [5.74, 6) is -0.215. The molecule has 1 aromatic carbocycles. The number of aryl methyl sites for hydroxylation is 1. The number of likely N-dealkylation sites (N-methyl/N-ethyl adjacent to an activating group) is 1. The van der Waals surface area contributed by atoms with Crippen LogP contribution in [-0.2, 0) is 19.6 Å². The normalized spacial score (nSPS) is 20.1. The summed E-state index contributed by atoms with van der Waals surface area (Å²) in [6.07, 6.45) is 6.23. The maximum absolute atomic E-state index is 13.1. The molecule has 8 nitrogen and oxygen atoms in total. The zero-order chi connectivity index (χ0) is 21.9. The van der Waals surface area contributed by atoms with E-state index in [9.17, 15) is 18.0 Å². The van der Waals surface area contributed by atoms with Gasteiger partial charge in [0.05, 0.1) is 17.1 Å². The number of rotatable bonds is 6. The predicted octanol–water partition coefficient (Wildman–Crippen LogP) is 2.56. The summed E-state index contributed by atoms with van der Waals surface area (Å²) in [5, 5.41) is 5.73. The van der Waals surface area contributed by atoms with Gasteiger partial charge in [0.25, 0.3) is 5.91 Å². The fraction of sp³-hybridized carbons (Fsp3) is 0.619. The molecule has 0 spiro atoms. The fourth-order valence-electron chi connectivity index (χ4n) is 3.98. The van der Waals surface area contributed by atoms with E-state index in [1.54, 1.807) is 13.0 Å². The molecule has 3 rings (SSSR count). The van der Waals surface area contributed by atoms with Crippen molar-refractivity contribution in [1.82, 2.24) is 9.62 Å². The van der Waals surface area contributed by atoms with Gasteiger partial charge in [-0.3, -0.25) is 9.59 Å². The molecular weight excluding hydrogens is 406 g/mol. The molecular formula is C21H31N3O5S. The average Bonchev–Trinajstić information content (AvgIpc) is 2.95. The summed E-state index contributed by atoms with van der Waals surface area (Å²) in [4.78, 5) is 24.5. The SMILES string of the molecule is CCC1Oc2cc(S(=O)(=O)N(C)CC(=O)NC3CCCCCC3)c(C)cc2NC1=O. The number of nitrogens with zero attached hydrogens (tertiary/aromatic N) is 1. The molecule has 0 radical (unpaired) electrons. The van der Waals surface area contributed by atoms with Crippen molar-refractivity contribution in [2.75, 3.05) is 18.9 Å². The molecule has 1 atom stereocenters. The van der Waals surface area contributed by atoms with E-state index >= 15 is 0 Å². The van der Waals surface area contributed by atoms with Gasteiger partial charge in [-0.1, -0.05) is 32.6 Å². The smallest absolute Gasteiger partial charge is 0.265 e. The summed E-state index contributed by atoms with van der Waals surface area (Å²) in [6, 6.07) is 3.14. The van der Waals surface area contributed by atoms with Crippen LogP contribution in [0.3, 0.4) is 0 Å². The molecule has 9 heteroatoms. The van der Waals surface area contributed by atoms with E-state index in [1.165, 1.54) is 26.0 Å². The molecule has 1 saturated carbocycles. The van der Waals surface area contributed by atoms with Gasteiger partial charge >= 0.3 is 0 Å². The Bertz CT molecular complexity index is 907. The summed E-state index contributed by atoms with van der Waals surface area (Å²) in [5.41, 5.74) is 0.929. The minimum Gasteiger partial charge on any atom is -0.478 e. The molecule has 2 aliphatic rings. The van der Waals surface area contributed by atoms with Gasteiger partial charge in [-0.15, -0.1) is 0 Å². The van der Waals surface area contributed by atoms with Gasteiger partial charge in [0.2, 0.25) is 15.9 Å². The van der Waals surface area contributed by atoms with Crippen molar-refractivity contribution in [3.63, 3.8) is 0 Å². The van der Waals surface area contributed by atoms with E-state index in [4.69, 9.17) is 4.74 Å². The number of sulfonamides is 1. The first-order valence-corrected chi connectivity index (χ1v) is 12.0. The van der Waals surface area contributed by atoms with Crippen molar-refractivity contribution < 1.29 is 22.7 Å². The molecule has 0 aromatic heterocycles. The topological polar surface area (TPSA) is 105 Å². The van der Waals surface area contributed by atoms with Crippen LogP contribution in [0.25, 0.3) is 0 Å². The van der Waals surface area contributed by atoms with Crippen molar-refractivity contribution in [2.24, 2.45) is 0 Å². The van der Waals surface area contributed by atoms with Crippen LogP contribution in [0.5, 0.6) is 5.75 Å². The molecule has 0 saturated heterocycles. The van der Waals surface area contributed by atoms with Crippen LogP contribution < -0.4 is 15.4 Å². The van der Waals surface area contributed by atoms with Crippen LogP contribution in [0.15, 0.2) is 17.0 Å². The highest BCUT2D eigenvalue weighted by Crippen LogP contribution is 2.35. The van der Waals surface area contributed by atoms with Crippen LogP contribution in [0.2, 0.25) is 0 Å². The number of carbonyl (C=O) groups is 2. The Morgan fingerprint density at radius 1 is 1.23 bits per heavy atom. The Hall–Kier alpha value is -2.13. The monoisotopic (exact) mass is 437 g/mol. The quantitative estimate of drug-likeness (QED) is 0.666. The van der Waals surface area contributed by atoms with Gasteiger partial charge in [0, 0.05) is 19.2 Å². The number of amides is 2. The molecule has 1 aromatic rings. The van der Waals surface area contributed by atoms with Crippen LogP contribution in [-0.4, -0.2) is 50.3 Å². The average molecular weight is 438 g/mol. The molecule has 166 valence electrons. The molecule has 1 unspecified atom stereocenters. The Labute approximate surface area is 178 Å². The lowest BCUT2D eigenvalue weighted by molar-refractivity contribution is -0.123. The van der Waals surface area contributed by atoms with Crippen molar-refractivity contribution in [1.29, 1.82) is 0 Å². The van der Waals surface area contributed by atoms with Crippen molar-refractivity contribution >= 4 is 27.5 Å². The Kier molecular flexibility index (Phi) is 7.02. The van der Waals surface area contributed by atoms with Crippen molar-refractivity contribution in [3.05, 3.63) is 17.7 Å². The zero-order valence-corrected chi connectivity index (χ0v) is 18.7. The van der Waals surface area contributed by atoms with E-state index in [1.807, 2.05) is 6.92 Å². The second-order valence-corrected chi connectivity index (χ2v) is 10.1. The van der Waals surface area contributed by atoms with E-state index < -0.39 is 16.1 Å². The van der Waals surface area contributed by atoms with Gasteiger partial charge in [-0.25, -0.2) is 8.42 Å². The van der Waals surface area contributed by atoms with Crippen LogP contribution in [0.4, 0.5) is 5.69 Å². The first-order valence-electron chi connectivity index (χ1n) is 10.6. The zero-order valence-electron chi connectivity index (χ0n) is 17.9. The molecule has 30 heavy (non-hydrogen) atoms. The van der Waals surface area contributed by atoms with Crippen LogP contribution in [0.1, 0.15) is 57.4 Å². The number of fused-ring (bicyclic) bond motifs is 1. The maximum Gasteiger partial charge on any atom is 0.265 e. The number of hydrogen-bond donors (Lipinski definition) is 2. The molecule has 1 aliphatic heterocycles. The van der Waals surface area contributed by atoms with E-state index in [2.05, 4.69) is 10.6 Å². The minimum absolute atomic E-state index is 0.0667. The lowest BCUT2D eigenvalue weighted by Crippen LogP contribution is -2.42. The first kappa shape index (κ1) is 22.6. The van der Waals surface area contributed by atoms with Crippen LogP contribution >= 0.6 is 0 Å². The number of benzene rings is 1. The number of nitrogens with one attached hydrogen (secondary N) is 2. The first-order chi connectivity index (χ1) is 14.2. The maximum atomic E-state index is 13.1. The summed E-state index contributed by atoms with van der Waals surface area (Å²) in [7, 11) is -2.50. The van der Waals surface area contributed by atoms with Gasteiger partial charge in [-0.05, 0) is 37.8 Å². The number of carbonyl (C=O) groups excluding carboxylic acids is 2. The highest BCUT2D eigenvalue weighted by Gasteiger charge is 2.31. The molecule has 2 amide bonds. The molecule has 0 bridgehead atoms. The minimum atomic E-state index is -3.90. The van der Waals surface area contributed by atoms with Crippen LogP contribution in [0, 0.1) is 6.92 Å². The summed E-state index contributed by atoms with van der Waals surface area (Å²) in [6.45, 7) is 3.23. The highest BCUT2D eigenvalue weighted by molar-refractivity contribution is 7.89. The molecule has 2 N–H and O–H groups in total. The Morgan fingerprint density at radius 3 is 2.53 bits per heavy atom. The number of hydrogen-bond acceptors (Lipinski definition) is 5. The fourth-order valence-corrected chi connectivity index (χ4v) is 5.33. The standard InChI is InChI=1S/C21H31N3O5S/c1-4-17-21(26)23-16-11-14(2)19(12-18(16)29-17)30(27,28)24(3)13-20(25)22-15-9-7-5-6-8-10-15/h11-12,15,17H,4-10,13H2,1-3H3,(H,22,25)(H,23,26).